The van der Waals surface area contributed by atoms with Gasteiger partial charge < -0.3 is 10.3 Å². The molecule has 2 N–H and O–H groups in total. The molecule has 0 saturated heterocycles. The molecule has 2 aromatic carbocycles. The van der Waals surface area contributed by atoms with Gasteiger partial charge >= 0.3 is 0 Å². The molecule has 0 fully saturated rings. The Morgan fingerprint density at radius 3 is 2.83 bits per heavy atom. The van der Waals surface area contributed by atoms with Crippen LogP contribution in [0.2, 0.25) is 0 Å². The average Bonchev–Trinajstić information content (AvgIpc) is 2.90. The van der Waals surface area contributed by atoms with Crippen LogP contribution in [0.3, 0.4) is 0 Å². The minimum absolute atomic E-state index is 0.105. The Morgan fingerprint density at radius 1 is 1.26 bits per heavy atom. The van der Waals surface area contributed by atoms with Crippen LogP contribution in [-0.4, -0.2) is 21.4 Å². The number of H-pyrrole nitrogens is 1. The van der Waals surface area contributed by atoms with Crippen LogP contribution in [0.5, 0.6) is 0 Å². The van der Waals surface area contributed by atoms with Gasteiger partial charge in [-0.25, -0.2) is 4.39 Å². The molecular weight excluding hydrogens is 315 g/mol. The maximum absolute atomic E-state index is 13.4. The standard InChI is InChI=1S/C17H15FN2O2S/c1-23(22)16-5-3-2-4-15(16)20-17(21)8-11-10-19-14-7-6-12(18)9-13(11)14/h2-7,9-10,19H,8H2,1H3,(H,20,21)/t23-/m0/s1. The first kappa shape index (κ1) is 15.4. The Hall–Kier alpha value is -2.47. The van der Waals surface area contributed by atoms with E-state index < -0.39 is 10.8 Å². The van der Waals surface area contributed by atoms with Crippen LogP contribution in [0, 0.1) is 5.82 Å². The molecule has 0 aliphatic heterocycles. The van der Waals surface area contributed by atoms with Gasteiger partial charge in [-0.2, -0.15) is 0 Å². The molecule has 0 spiro atoms. The molecular formula is C17H15FN2O2S. The SMILES string of the molecule is C[S@](=O)c1ccccc1NC(=O)Cc1c[nH]c2ccc(F)cc12. The fourth-order valence-corrected chi connectivity index (χ4v) is 3.18. The molecule has 6 heteroatoms. The number of fused-ring (bicyclic) bond motifs is 1. The molecule has 3 rings (SSSR count). The third kappa shape index (κ3) is 3.32. The van der Waals surface area contributed by atoms with Crippen LogP contribution in [0.15, 0.2) is 53.6 Å². The highest BCUT2D eigenvalue weighted by Crippen LogP contribution is 2.22. The van der Waals surface area contributed by atoms with E-state index in [4.69, 9.17) is 0 Å². The summed E-state index contributed by atoms with van der Waals surface area (Å²) in [6.07, 6.45) is 3.37. The molecule has 4 nitrogen and oxygen atoms in total. The Bertz CT molecular complexity index is 904. The van der Waals surface area contributed by atoms with Crippen LogP contribution >= 0.6 is 0 Å². The lowest BCUT2D eigenvalue weighted by Crippen LogP contribution is -2.15. The number of rotatable bonds is 4. The van der Waals surface area contributed by atoms with E-state index >= 15 is 0 Å². The molecule has 23 heavy (non-hydrogen) atoms. The summed E-state index contributed by atoms with van der Waals surface area (Å²) < 4.78 is 25.1. The van der Waals surface area contributed by atoms with Gasteiger partial charge in [0.05, 0.1) is 27.8 Å². The van der Waals surface area contributed by atoms with Crippen molar-refractivity contribution in [2.45, 2.75) is 11.3 Å². The van der Waals surface area contributed by atoms with Crippen LogP contribution in [-0.2, 0) is 22.0 Å². The van der Waals surface area contributed by atoms with E-state index in [1.807, 2.05) is 0 Å². The molecule has 0 unspecified atom stereocenters. The van der Waals surface area contributed by atoms with Crippen molar-refractivity contribution in [3.8, 4) is 0 Å². The maximum atomic E-state index is 13.4. The topological polar surface area (TPSA) is 62.0 Å². The second-order valence-corrected chi connectivity index (χ2v) is 6.53. The Kier molecular flexibility index (Phi) is 4.25. The van der Waals surface area contributed by atoms with Gasteiger partial charge in [0.2, 0.25) is 5.91 Å². The number of carbonyl (C=O) groups excluding carboxylic acids is 1. The normalized spacial score (nSPS) is 12.3. The molecule has 1 aromatic heterocycles. The number of para-hydroxylation sites is 1. The summed E-state index contributed by atoms with van der Waals surface area (Å²) in [4.78, 5) is 15.9. The van der Waals surface area contributed by atoms with E-state index in [0.717, 1.165) is 5.52 Å². The second-order valence-electron chi connectivity index (χ2n) is 5.18. The molecule has 0 aliphatic rings. The number of hydrogen-bond donors (Lipinski definition) is 2. The summed E-state index contributed by atoms with van der Waals surface area (Å²) in [7, 11) is -1.19. The first-order valence-corrected chi connectivity index (χ1v) is 8.58. The summed E-state index contributed by atoms with van der Waals surface area (Å²) in [5.41, 5.74) is 2.03. The highest BCUT2D eigenvalue weighted by molar-refractivity contribution is 7.84. The zero-order valence-electron chi connectivity index (χ0n) is 12.4. The van der Waals surface area contributed by atoms with Crippen molar-refractivity contribution in [1.82, 2.24) is 4.98 Å². The van der Waals surface area contributed by atoms with Crippen molar-refractivity contribution < 1.29 is 13.4 Å². The van der Waals surface area contributed by atoms with Gasteiger partial charge in [-0.05, 0) is 35.9 Å². The van der Waals surface area contributed by atoms with Crippen molar-refractivity contribution in [3.63, 3.8) is 0 Å². The van der Waals surface area contributed by atoms with Crippen molar-refractivity contribution in [3.05, 3.63) is 60.0 Å². The van der Waals surface area contributed by atoms with Crippen LogP contribution in [0.1, 0.15) is 5.56 Å². The van der Waals surface area contributed by atoms with Crippen molar-refractivity contribution >= 4 is 33.3 Å². The first-order valence-electron chi connectivity index (χ1n) is 7.02. The molecule has 1 amide bonds. The summed E-state index contributed by atoms with van der Waals surface area (Å²) >= 11 is 0. The number of benzene rings is 2. The molecule has 118 valence electrons. The third-order valence-electron chi connectivity index (χ3n) is 3.55. The van der Waals surface area contributed by atoms with E-state index in [-0.39, 0.29) is 18.1 Å². The summed E-state index contributed by atoms with van der Waals surface area (Å²) in [5, 5.41) is 3.46. The number of halogens is 1. The fourth-order valence-electron chi connectivity index (χ4n) is 2.48. The van der Waals surface area contributed by atoms with Gasteiger partial charge in [0.15, 0.2) is 0 Å². The van der Waals surface area contributed by atoms with Crippen molar-refractivity contribution in [1.29, 1.82) is 0 Å². The number of aromatic amines is 1. The molecule has 1 heterocycles. The minimum atomic E-state index is -1.19. The number of anilines is 1. The monoisotopic (exact) mass is 330 g/mol. The van der Waals surface area contributed by atoms with Gasteiger partial charge in [0.25, 0.3) is 0 Å². The lowest BCUT2D eigenvalue weighted by atomic mass is 10.1. The quantitative estimate of drug-likeness (QED) is 0.771. The van der Waals surface area contributed by atoms with Crippen LogP contribution in [0.4, 0.5) is 10.1 Å². The average molecular weight is 330 g/mol. The lowest BCUT2D eigenvalue weighted by molar-refractivity contribution is -0.115. The Balaban J connectivity index is 1.82. The third-order valence-corrected chi connectivity index (χ3v) is 4.53. The molecule has 0 aliphatic carbocycles. The van der Waals surface area contributed by atoms with Crippen LogP contribution in [0.25, 0.3) is 10.9 Å². The summed E-state index contributed by atoms with van der Waals surface area (Å²) in [6, 6.07) is 11.4. The van der Waals surface area contributed by atoms with Gasteiger partial charge in [0.1, 0.15) is 5.82 Å². The first-order chi connectivity index (χ1) is 11.0. The van der Waals surface area contributed by atoms with E-state index in [0.29, 0.717) is 21.5 Å². The number of amides is 1. The van der Waals surface area contributed by atoms with Gasteiger partial charge in [-0.15, -0.1) is 0 Å². The molecule has 0 saturated carbocycles. The van der Waals surface area contributed by atoms with Crippen molar-refractivity contribution in [2.24, 2.45) is 0 Å². The lowest BCUT2D eigenvalue weighted by Gasteiger charge is -2.09. The largest absolute Gasteiger partial charge is 0.361 e. The molecule has 1 atom stereocenters. The van der Waals surface area contributed by atoms with Crippen LogP contribution < -0.4 is 5.32 Å². The molecule has 0 bridgehead atoms. The van der Waals surface area contributed by atoms with Crippen molar-refractivity contribution in [2.75, 3.05) is 11.6 Å². The summed E-state index contributed by atoms with van der Waals surface area (Å²) in [6.45, 7) is 0. The Morgan fingerprint density at radius 2 is 2.04 bits per heavy atom. The zero-order valence-corrected chi connectivity index (χ0v) is 13.2. The summed E-state index contributed by atoms with van der Waals surface area (Å²) in [5.74, 6) is -0.585. The number of hydrogen-bond acceptors (Lipinski definition) is 2. The smallest absolute Gasteiger partial charge is 0.228 e. The van der Waals surface area contributed by atoms with Gasteiger partial charge in [-0.3, -0.25) is 9.00 Å². The number of nitrogens with one attached hydrogen (secondary N) is 2. The van der Waals surface area contributed by atoms with E-state index in [2.05, 4.69) is 10.3 Å². The maximum Gasteiger partial charge on any atom is 0.228 e. The van der Waals surface area contributed by atoms with Gasteiger partial charge in [0, 0.05) is 23.4 Å². The second kappa shape index (κ2) is 6.34. The highest BCUT2D eigenvalue weighted by atomic mass is 32.2. The molecule has 0 radical (unpaired) electrons. The fraction of sp³-hybridized carbons (Fsp3) is 0.118. The predicted octanol–water partition coefficient (Wildman–Crippen LogP) is 3.23. The van der Waals surface area contributed by atoms with E-state index in [1.165, 1.54) is 12.1 Å². The highest BCUT2D eigenvalue weighted by Gasteiger charge is 2.12. The molecule has 3 aromatic rings. The van der Waals surface area contributed by atoms with E-state index in [9.17, 15) is 13.4 Å². The zero-order chi connectivity index (χ0) is 16.4. The van der Waals surface area contributed by atoms with E-state index in [1.54, 1.807) is 42.8 Å². The van der Waals surface area contributed by atoms with Gasteiger partial charge in [-0.1, -0.05) is 12.1 Å². The number of aromatic nitrogens is 1. The minimum Gasteiger partial charge on any atom is -0.361 e. The number of carbonyl (C=O) groups is 1. The Labute approximate surface area is 135 Å². The predicted molar refractivity (Wildman–Crippen MR) is 89.4 cm³/mol.